The fourth-order valence-electron chi connectivity index (χ4n) is 0.951. The van der Waals surface area contributed by atoms with E-state index in [1.165, 1.54) is 12.1 Å². The van der Waals surface area contributed by atoms with Crippen molar-refractivity contribution in [3.05, 3.63) is 34.2 Å². The Balaban J connectivity index is 3.28. The second-order valence-electron chi connectivity index (χ2n) is 2.54. The van der Waals surface area contributed by atoms with Crippen molar-refractivity contribution >= 4 is 23.9 Å². The van der Waals surface area contributed by atoms with E-state index in [-0.39, 0.29) is 28.1 Å². The number of hydrogen-bond acceptors (Lipinski definition) is 5. The van der Waals surface area contributed by atoms with Crippen LogP contribution in [-0.2, 0) is 0 Å². The minimum absolute atomic E-state index is 0.155. The number of nitroso groups, excluding NO2 is 1. The van der Waals surface area contributed by atoms with Gasteiger partial charge in [-0.05, 0) is 18.2 Å². The van der Waals surface area contributed by atoms with Crippen molar-refractivity contribution in [3.63, 3.8) is 0 Å². The topological polar surface area (TPSA) is 104 Å². The molecular weight excluding hydrogens is 222 g/mol. The largest absolute Gasteiger partial charge is 0.478 e. The predicted molar refractivity (Wildman–Crippen MR) is 52.0 cm³/mol. The van der Waals surface area contributed by atoms with Crippen LogP contribution in [0.1, 0.15) is 20.7 Å². The zero-order valence-electron chi connectivity index (χ0n) is 7.21. The molecule has 0 radical (unpaired) electrons. The van der Waals surface area contributed by atoms with E-state index in [0.29, 0.717) is 0 Å². The van der Waals surface area contributed by atoms with Crippen molar-refractivity contribution in [1.29, 1.82) is 0 Å². The summed E-state index contributed by atoms with van der Waals surface area (Å²) in [5, 5.41) is 10.8. The number of hydrogen-bond donors (Lipinski definition) is 2. The summed E-state index contributed by atoms with van der Waals surface area (Å²) in [6.07, 6.45) is 0. The van der Waals surface area contributed by atoms with Crippen LogP contribution < -0.4 is 0 Å². The monoisotopic (exact) mass is 227 g/mol. The molecule has 2 N–H and O–H groups in total. The molecule has 1 amide bonds. The molecule has 0 spiro atoms. The molecule has 0 aliphatic carbocycles. The van der Waals surface area contributed by atoms with E-state index in [1.54, 1.807) is 0 Å². The van der Waals surface area contributed by atoms with Crippen molar-refractivity contribution in [1.82, 2.24) is 0 Å². The van der Waals surface area contributed by atoms with E-state index in [0.717, 1.165) is 6.07 Å². The number of carboxylic acids is 1. The van der Waals surface area contributed by atoms with Gasteiger partial charge in [0.15, 0.2) is 0 Å². The molecule has 0 bridgehead atoms. The molecule has 0 saturated heterocycles. The molecule has 0 aromatic heterocycles. The second-order valence-corrected chi connectivity index (χ2v) is 3.19. The van der Waals surface area contributed by atoms with E-state index in [2.05, 4.69) is 5.18 Å². The number of rotatable bonds is 3. The average molecular weight is 227 g/mol. The Kier molecular flexibility index (Phi) is 3.53. The summed E-state index contributed by atoms with van der Waals surface area (Å²) in [5.41, 5.74) is -0.359. The number of carbonyl (C=O) groups excluding carboxylic acids is 1. The molecule has 0 fully saturated rings. The molecule has 78 valence electrons. The number of benzene rings is 1. The Labute approximate surface area is 88.1 Å². The molecule has 1 aromatic carbocycles. The predicted octanol–water partition coefficient (Wildman–Crippen LogP) is 1.86. The SMILES string of the molecule is O=NC(=O)c1cc(SO)cc(C(=O)O)c1. The van der Waals surface area contributed by atoms with Crippen molar-refractivity contribution in [2.45, 2.75) is 4.90 Å². The molecule has 0 aliphatic heterocycles. The fraction of sp³-hybridized carbons (Fsp3) is 0. The molecule has 1 rings (SSSR count). The average Bonchev–Trinajstić information content (AvgIpc) is 2.27. The zero-order valence-corrected chi connectivity index (χ0v) is 8.02. The highest BCUT2D eigenvalue weighted by Gasteiger charge is 2.12. The molecule has 0 aliphatic rings. The first-order valence-corrected chi connectivity index (χ1v) is 4.43. The van der Waals surface area contributed by atoms with Crippen LogP contribution in [0.5, 0.6) is 0 Å². The third-order valence-electron chi connectivity index (χ3n) is 1.59. The summed E-state index contributed by atoms with van der Waals surface area (Å²) in [5.74, 6) is -2.33. The lowest BCUT2D eigenvalue weighted by Crippen LogP contribution is -2.01. The highest BCUT2D eigenvalue weighted by atomic mass is 32.2. The lowest BCUT2D eigenvalue weighted by molar-refractivity contribution is 0.0696. The van der Waals surface area contributed by atoms with Gasteiger partial charge in [-0.1, -0.05) is 0 Å². The van der Waals surface area contributed by atoms with Gasteiger partial charge in [-0.3, -0.25) is 4.79 Å². The summed E-state index contributed by atoms with van der Waals surface area (Å²) in [6.45, 7) is 0. The van der Waals surface area contributed by atoms with E-state index >= 15 is 0 Å². The maximum absolute atomic E-state index is 10.9. The van der Waals surface area contributed by atoms with Gasteiger partial charge in [-0.15, -0.1) is 4.91 Å². The normalized spacial score (nSPS) is 9.67. The third-order valence-corrected chi connectivity index (χ3v) is 2.04. The zero-order chi connectivity index (χ0) is 11.4. The summed E-state index contributed by atoms with van der Waals surface area (Å²) in [6, 6.07) is 3.38. The van der Waals surface area contributed by atoms with E-state index in [9.17, 15) is 14.5 Å². The number of nitrogens with zero attached hydrogens (tertiary/aromatic N) is 1. The standard InChI is InChI=1S/C8H5NO5S/c10-7(9-13)4-1-5(8(11)12)3-6(2-4)15-14/h1-3,14H,(H,11,12). The van der Waals surface area contributed by atoms with Crippen molar-refractivity contribution in [2.75, 3.05) is 0 Å². The third kappa shape index (κ3) is 2.61. The summed E-state index contributed by atoms with van der Waals surface area (Å²) in [7, 11) is 0. The highest BCUT2D eigenvalue weighted by molar-refractivity contribution is 7.93. The molecular formula is C8H5NO5S. The van der Waals surface area contributed by atoms with Gasteiger partial charge in [0.2, 0.25) is 0 Å². The maximum atomic E-state index is 10.9. The van der Waals surface area contributed by atoms with Gasteiger partial charge < -0.3 is 9.66 Å². The minimum atomic E-state index is -1.26. The van der Waals surface area contributed by atoms with Crippen molar-refractivity contribution in [2.24, 2.45) is 5.18 Å². The molecule has 0 heterocycles. The van der Waals surface area contributed by atoms with Crippen molar-refractivity contribution < 1.29 is 19.2 Å². The Bertz CT molecular complexity index is 431. The Morgan fingerprint density at radius 1 is 1.20 bits per heavy atom. The number of carboxylic acid groups (broad SMARTS) is 1. The van der Waals surface area contributed by atoms with Crippen LogP contribution in [0.25, 0.3) is 0 Å². The summed E-state index contributed by atoms with van der Waals surface area (Å²) >= 11 is 0.283. The van der Waals surface area contributed by atoms with Crippen LogP contribution in [0.4, 0.5) is 0 Å². The van der Waals surface area contributed by atoms with Gasteiger partial charge in [0, 0.05) is 27.7 Å². The van der Waals surface area contributed by atoms with Gasteiger partial charge in [-0.2, -0.15) is 0 Å². The van der Waals surface area contributed by atoms with Crippen LogP contribution in [0.2, 0.25) is 0 Å². The van der Waals surface area contributed by atoms with Crippen LogP contribution in [-0.4, -0.2) is 21.5 Å². The number of carbonyl (C=O) groups is 2. The molecule has 0 atom stereocenters. The van der Waals surface area contributed by atoms with Gasteiger partial charge in [0.1, 0.15) is 0 Å². The van der Waals surface area contributed by atoms with Crippen LogP contribution in [0, 0.1) is 4.91 Å². The fourth-order valence-corrected chi connectivity index (χ4v) is 1.31. The smallest absolute Gasteiger partial charge is 0.335 e. The van der Waals surface area contributed by atoms with Gasteiger partial charge >= 0.3 is 11.9 Å². The Morgan fingerprint density at radius 3 is 2.27 bits per heavy atom. The quantitative estimate of drug-likeness (QED) is 0.603. The molecule has 7 heteroatoms. The molecule has 1 aromatic rings. The summed E-state index contributed by atoms with van der Waals surface area (Å²) in [4.78, 5) is 31.6. The van der Waals surface area contributed by atoms with E-state index < -0.39 is 11.9 Å². The first-order valence-electron chi connectivity index (χ1n) is 3.66. The second kappa shape index (κ2) is 4.67. The molecule has 15 heavy (non-hydrogen) atoms. The molecule has 0 unspecified atom stereocenters. The maximum Gasteiger partial charge on any atom is 0.335 e. The van der Waals surface area contributed by atoms with Crippen molar-refractivity contribution in [3.8, 4) is 0 Å². The minimum Gasteiger partial charge on any atom is -0.478 e. The van der Waals surface area contributed by atoms with Crippen LogP contribution in [0.3, 0.4) is 0 Å². The first kappa shape index (κ1) is 11.3. The van der Waals surface area contributed by atoms with E-state index in [4.69, 9.17) is 9.66 Å². The lowest BCUT2D eigenvalue weighted by atomic mass is 10.1. The van der Waals surface area contributed by atoms with E-state index in [1.807, 2.05) is 0 Å². The van der Waals surface area contributed by atoms with Gasteiger partial charge in [0.05, 0.1) is 5.56 Å². The summed E-state index contributed by atoms with van der Waals surface area (Å²) < 4.78 is 8.73. The van der Waals surface area contributed by atoms with Crippen LogP contribution >= 0.6 is 12.0 Å². The lowest BCUT2D eigenvalue weighted by Gasteiger charge is -2.00. The number of aromatic carboxylic acids is 1. The first-order chi connectivity index (χ1) is 7.08. The number of amides is 1. The highest BCUT2D eigenvalue weighted by Crippen LogP contribution is 2.19. The van der Waals surface area contributed by atoms with Crippen LogP contribution in [0.15, 0.2) is 28.3 Å². The van der Waals surface area contributed by atoms with Gasteiger partial charge in [-0.25, -0.2) is 4.79 Å². The Morgan fingerprint density at radius 2 is 1.80 bits per heavy atom. The molecule has 0 saturated carbocycles. The Hall–Kier alpha value is -1.73. The van der Waals surface area contributed by atoms with Gasteiger partial charge in [0.25, 0.3) is 0 Å². The molecule has 6 nitrogen and oxygen atoms in total.